The lowest BCUT2D eigenvalue weighted by Gasteiger charge is -2.39. The summed E-state index contributed by atoms with van der Waals surface area (Å²) >= 11 is 0. The molecule has 4 heterocycles. The smallest absolute Gasteiger partial charge is 0.233 e. The van der Waals surface area contributed by atoms with E-state index >= 15 is 0 Å². The van der Waals surface area contributed by atoms with Crippen LogP contribution in [0.1, 0.15) is 49.3 Å². The summed E-state index contributed by atoms with van der Waals surface area (Å²) < 4.78 is 36.3. The summed E-state index contributed by atoms with van der Waals surface area (Å²) in [5.41, 5.74) is 3.61. The second-order valence-electron chi connectivity index (χ2n) is 9.58. The highest BCUT2D eigenvalue weighted by Crippen LogP contribution is 2.46. The summed E-state index contributed by atoms with van der Waals surface area (Å²) in [6.45, 7) is 9.16. The predicted molar refractivity (Wildman–Crippen MR) is 134 cm³/mol. The molecule has 7 nitrogen and oxygen atoms in total. The van der Waals surface area contributed by atoms with Crippen LogP contribution >= 0.6 is 0 Å². The summed E-state index contributed by atoms with van der Waals surface area (Å²) in [6.07, 6.45) is 7.23. The van der Waals surface area contributed by atoms with Crippen LogP contribution in [0.5, 0.6) is 0 Å². The molecule has 0 bridgehead atoms. The third kappa shape index (κ3) is 5.79. The number of nitrogens with zero attached hydrogens (tertiary/aromatic N) is 3. The molecule has 2 aromatic rings. The Hall–Kier alpha value is -2.00. The molecule has 0 amide bonds. The lowest BCUT2D eigenvalue weighted by atomic mass is 9.75. The number of rotatable bonds is 5. The van der Waals surface area contributed by atoms with Crippen LogP contribution in [-0.4, -0.2) is 63.7 Å². The van der Waals surface area contributed by atoms with Crippen molar-refractivity contribution in [1.82, 2.24) is 9.88 Å². The van der Waals surface area contributed by atoms with Crippen molar-refractivity contribution in [2.45, 2.75) is 57.8 Å². The molecule has 0 saturated carbocycles. The summed E-state index contributed by atoms with van der Waals surface area (Å²) in [4.78, 5) is 6.85. The largest absolute Gasteiger partial charge is 0.353 e. The van der Waals surface area contributed by atoms with Gasteiger partial charge >= 0.3 is 0 Å². The molecule has 0 aliphatic carbocycles. The Labute approximate surface area is 204 Å². The van der Waals surface area contributed by atoms with E-state index < -0.39 is 10.0 Å². The average molecular weight is 488 g/mol. The van der Waals surface area contributed by atoms with Gasteiger partial charge in [0.05, 0.1) is 6.26 Å². The Morgan fingerprint density at radius 2 is 1.91 bits per heavy atom. The van der Waals surface area contributed by atoms with Gasteiger partial charge in [0, 0.05) is 49.9 Å². The first-order valence-electron chi connectivity index (χ1n) is 12.2. The van der Waals surface area contributed by atoms with Gasteiger partial charge < -0.3 is 9.47 Å². The first kappa shape index (κ1) is 25.1. The molecular formula is C26H37N3O4S. The lowest BCUT2D eigenvalue weighted by molar-refractivity contribution is -0.106. The lowest BCUT2D eigenvalue weighted by Crippen LogP contribution is -2.45. The molecule has 1 aromatic heterocycles. The van der Waals surface area contributed by atoms with Crippen molar-refractivity contribution in [3.8, 4) is 0 Å². The molecule has 2 fully saturated rings. The van der Waals surface area contributed by atoms with Crippen LogP contribution in [0.3, 0.4) is 0 Å². The number of aromatic nitrogens is 1. The molecule has 5 rings (SSSR count). The van der Waals surface area contributed by atoms with Crippen LogP contribution in [0.2, 0.25) is 0 Å². The Kier molecular flexibility index (Phi) is 7.92. The molecule has 3 aliphatic rings. The molecule has 0 N–H and O–H groups in total. The van der Waals surface area contributed by atoms with E-state index in [-0.39, 0.29) is 11.7 Å². The van der Waals surface area contributed by atoms with Gasteiger partial charge in [0.25, 0.3) is 0 Å². The molecular weight excluding hydrogens is 450 g/mol. The standard InChI is InChI=1S/C20H25N3O2S.C6H12O2/c1-16-5-7-17(8-6-16)14-22-12-9-20(10-13-22)15-23(26(2,24)25)19-18(20)4-3-11-21-19;1-2-7-6-4-3-5-8-6/h3-8,11H,9-10,12-15H2,1-2H3;6H,2-5H2,1H3. The maximum atomic E-state index is 12.2. The Bertz CT molecular complexity index is 1040. The second-order valence-corrected chi connectivity index (χ2v) is 11.5. The van der Waals surface area contributed by atoms with E-state index in [0.29, 0.717) is 12.4 Å². The van der Waals surface area contributed by atoms with Crippen molar-refractivity contribution < 1.29 is 17.9 Å². The first-order valence-corrected chi connectivity index (χ1v) is 14.1. The summed E-state index contributed by atoms with van der Waals surface area (Å²) in [6, 6.07) is 12.7. The molecule has 2 saturated heterocycles. The SMILES string of the molecule is CCOC1CCCO1.Cc1ccc(CN2CCC3(CC2)CN(S(C)(=O)=O)c2ncccc23)cc1. The van der Waals surface area contributed by atoms with Crippen LogP contribution < -0.4 is 4.31 Å². The highest BCUT2D eigenvalue weighted by atomic mass is 32.2. The van der Waals surface area contributed by atoms with Crippen LogP contribution in [-0.2, 0) is 31.5 Å². The molecule has 0 radical (unpaired) electrons. The van der Waals surface area contributed by atoms with Crippen LogP contribution in [0.25, 0.3) is 0 Å². The van der Waals surface area contributed by atoms with Gasteiger partial charge in [0.15, 0.2) is 6.29 Å². The fourth-order valence-electron chi connectivity index (χ4n) is 5.10. The molecule has 34 heavy (non-hydrogen) atoms. The number of likely N-dealkylation sites (tertiary alicyclic amines) is 1. The van der Waals surface area contributed by atoms with Crippen molar-refractivity contribution in [3.05, 3.63) is 59.3 Å². The average Bonchev–Trinajstić information content (AvgIpc) is 3.45. The van der Waals surface area contributed by atoms with E-state index in [1.807, 2.05) is 13.0 Å². The van der Waals surface area contributed by atoms with Crippen LogP contribution in [0.15, 0.2) is 42.6 Å². The van der Waals surface area contributed by atoms with E-state index in [1.165, 1.54) is 21.7 Å². The first-order chi connectivity index (χ1) is 16.3. The van der Waals surface area contributed by atoms with Gasteiger partial charge in [-0.15, -0.1) is 0 Å². The van der Waals surface area contributed by atoms with Gasteiger partial charge in [0.2, 0.25) is 10.0 Å². The number of benzene rings is 1. The zero-order chi connectivity index (χ0) is 24.2. The Balaban J connectivity index is 0.000000291. The van der Waals surface area contributed by atoms with Gasteiger partial charge in [-0.2, -0.15) is 0 Å². The number of anilines is 1. The maximum Gasteiger partial charge on any atom is 0.233 e. The number of ether oxygens (including phenoxy) is 2. The number of hydrogen-bond donors (Lipinski definition) is 0. The van der Waals surface area contributed by atoms with Crippen molar-refractivity contribution >= 4 is 15.8 Å². The third-order valence-corrected chi connectivity index (χ3v) is 8.12. The van der Waals surface area contributed by atoms with Gasteiger partial charge in [-0.1, -0.05) is 35.9 Å². The minimum Gasteiger partial charge on any atom is -0.353 e. The van der Waals surface area contributed by atoms with E-state index in [1.54, 1.807) is 6.20 Å². The number of aryl methyl sites for hydroxylation is 1. The van der Waals surface area contributed by atoms with Crippen molar-refractivity contribution in [1.29, 1.82) is 0 Å². The van der Waals surface area contributed by atoms with Crippen molar-refractivity contribution in [3.63, 3.8) is 0 Å². The number of fused-ring (bicyclic) bond motifs is 2. The van der Waals surface area contributed by atoms with Crippen LogP contribution in [0, 0.1) is 6.92 Å². The molecule has 1 atom stereocenters. The Morgan fingerprint density at radius 3 is 2.53 bits per heavy atom. The van der Waals surface area contributed by atoms with Gasteiger partial charge in [-0.3, -0.25) is 9.21 Å². The van der Waals surface area contributed by atoms with E-state index in [9.17, 15) is 8.42 Å². The minimum atomic E-state index is -3.30. The fourth-order valence-corrected chi connectivity index (χ4v) is 6.04. The van der Waals surface area contributed by atoms with E-state index in [4.69, 9.17) is 9.47 Å². The molecule has 186 valence electrons. The monoisotopic (exact) mass is 487 g/mol. The van der Waals surface area contributed by atoms with E-state index in [2.05, 4.69) is 47.1 Å². The van der Waals surface area contributed by atoms with Crippen LogP contribution in [0.4, 0.5) is 5.82 Å². The highest BCUT2D eigenvalue weighted by Gasteiger charge is 2.47. The zero-order valence-electron chi connectivity index (χ0n) is 20.6. The maximum absolute atomic E-state index is 12.2. The highest BCUT2D eigenvalue weighted by molar-refractivity contribution is 7.92. The summed E-state index contributed by atoms with van der Waals surface area (Å²) in [5.74, 6) is 0.627. The fraction of sp³-hybridized carbons (Fsp3) is 0.577. The third-order valence-electron chi connectivity index (χ3n) is 7.02. The predicted octanol–water partition coefficient (Wildman–Crippen LogP) is 3.86. The molecule has 8 heteroatoms. The van der Waals surface area contributed by atoms with Gasteiger partial charge in [0.1, 0.15) is 5.82 Å². The normalized spacial score (nSPS) is 21.9. The molecule has 1 aromatic carbocycles. The molecule has 3 aliphatic heterocycles. The van der Waals surface area contributed by atoms with Crippen molar-refractivity contribution in [2.75, 3.05) is 43.4 Å². The topological polar surface area (TPSA) is 72.0 Å². The Morgan fingerprint density at radius 1 is 1.18 bits per heavy atom. The summed E-state index contributed by atoms with van der Waals surface area (Å²) in [7, 11) is -3.30. The van der Waals surface area contributed by atoms with Gasteiger partial charge in [-0.25, -0.2) is 13.4 Å². The number of pyridine rings is 1. The zero-order valence-corrected chi connectivity index (χ0v) is 21.4. The minimum absolute atomic E-state index is 0.101. The number of piperidine rings is 1. The van der Waals surface area contributed by atoms with E-state index in [0.717, 1.165) is 64.1 Å². The second kappa shape index (κ2) is 10.7. The number of hydrogen-bond acceptors (Lipinski definition) is 6. The number of sulfonamides is 1. The van der Waals surface area contributed by atoms with Gasteiger partial charge in [-0.05, 0) is 57.8 Å². The summed E-state index contributed by atoms with van der Waals surface area (Å²) in [5, 5.41) is 0. The quantitative estimate of drug-likeness (QED) is 0.638. The molecule has 1 unspecified atom stereocenters. The van der Waals surface area contributed by atoms with Crippen molar-refractivity contribution in [2.24, 2.45) is 0 Å². The molecule has 1 spiro atoms.